The van der Waals surface area contributed by atoms with Crippen LogP contribution in [0.15, 0.2) is 35.0 Å². The number of aromatic nitrogens is 3. The van der Waals surface area contributed by atoms with Gasteiger partial charge in [-0.25, -0.2) is 4.79 Å². The first kappa shape index (κ1) is 12.1. The highest BCUT2D eigenvalue weighted by Gasteiger charge is 2.28. The molecular formula is C15H13N3O3. The van der Waals surface area contributed by atoms with E-state index in [1.165, 1.54) is 0 Å². The number of aromatic carboxylic acids is 1. The molecule has 1 aliphatic carbocycles. The van der Waals surface area contributed by atoms with Gasteiger partial charge in [0.05, 0.1) is 5.56 Å². The van der Waals surface area contributed by atoms with Crippen molar-refractivity contribution in [1.82, 2.24) is 14.7 Å². The molecule has 6 nitrogen and oxygen atoms in total. The van der Waals surface area contributed by atoms with Crippen LogP contribution in [-0.2, 0) is 6.54 Å². The van der Waals surface area contributed by atoms with Gasteiger partial charge in [-0.15, -0.1) is 0 Å². The number of hydrogen-bond acceptors (Lipinski definition) is 4. The molecule has 2 heterocycles. The number of carbonyl (C=O) groups is 1. The summed E-state index contributed by atoms with van der Waals surface area (Å²) in [4.78, 5) is 15.4. The number of carboxylic acid groups (broad SMARTS) is 1. The van der Waals surface area contributed by atoms with E-state index in [1.54, 1.807) is 18.2 Å². The molecule has 1 saturated carbocycles. The zero-order valence-corrected chi connectivity index (χ0v) is 11.2. The summed E-state index contributed by atoms with van der Waals surface area (Å²) >= 11 is 0. The molecular weight excluding hydrogens is 270 g/mol. The van der Waals surface area contributed by atoms with E-state index in [2.05, 4.69) is 10.1 Å². The number of benzene rings is 1. The number of hydrogen-bond donors (Lipinski definition) is 1. The summed E-state index contributed by atoms with van der Waals surface area (Å²) in [5.74, 6) is 0.934. The quantitative estimate of drug-likeness (QED) is 0.796. The molecule has 1 aliphatic rings. The molecule has 1 N–H and O–H groups in total. The Morgan fingerprint density at radius 1 is 1.38 bits per heavy atom. The van der Waals surface area contributed by atoms with Crippen molar-refractivity contribution in [2.24, 2.45) is 0 Å². The predicted octanol–water partition coefficient (Wildman–Crippen LogP) is 2.65. The minimum Gasteiger partial charge on any atom is -0.478 e. The Morgan fingerprint density at radius 3 is 3.00 bits per heavy atom. The Morgan fingerprint density at radius 2 is 2.24 bits per heavy atom. The first-order valence-electron chi connectivity index (χ1n) is 6.85. The molecule has 0 aliphatic heterocycles. The molecule has 0 amide bonds. The third-order valence-corrected chi connectivity index (χ3v) is 3.75. The highest BCUT2D eigenvalue weighted by atomic mass is 16.5. The van der Waals surface area contributed by atoms with E-state index in [9.17, 15) is 4.79 Å². The average Bonchev–Trinajstić information content (AvgIpc) is 3.10. The molecule has 0 unspecified atom stereocenters. The van der Waals surface area contributed by atoms with Crippen molar-refractivity contribution in [3.8, 4) is 0 Å². The normalized spacial score (nSPS) is 14.7. The second kappa shape index (κ2) is 4.44. The summed E-state index contributed by atoms with van der Waals surface area (Å²) in [5.41, 5.74) is 1.24. The molecule has 3 aromatic rings. The summed E-state index contributed by atoms with van der Waals surface area (Å²) in [5, 5.41) is 13.9. The molecule has 0 bridgehead atoms. The lowest BCUT2D eigenvalue weighted by Crippen LogP contribution is -1.99. The van der Waals surface area contributed by atoms with Gasteiger partial charge in [-0.1, -0.05) is 5.16 Å². The minimum atomic E-state index is -0.921. The minimum absolute atomic E-state index is 0.286. The zero-order chi connectivity index (χ0) is 14.4. The molecule has 106 valence electrons. The summed E-state index contributed by atoms with van der Waals surface area (Å²) in [6, 6.07) is 6.96. The fourth-order valence-corrected chi connectivity index (χ4v) is 2.46. The fourth-order valence-electron chi connectivity index (χ4n) is 2.46. The first-order valence-corrected chi connectivity index (χ1v) is 6.85. The van der Waals surface area contributed by atoms with Crippen molar-refractivity contribution in [1.29, 1.82) is 0 Å². The van der Waals surface area contributed by atoms with E-state index < -0.39 is 5.97 Å². The van der Waals surface area contributed by atoms with E-state index >= 15 is 0 Å². The lowest BCUT2D eigenvalue weighted by Gasteiger charge is -2.02. The fraction of sp³-hybridized carbons (Fsp3) is 0.267. The predicted molar refractivity (Wildman–Crippen MR) is 74.3 cm³/mol. The molecule has 0 atom stereocenters. The van der Waals surface area contributed by atoms with Gasteiger partial charge >= 0.3 is 5.97 Å². The van der Waals surface area contributed by atoms with Crippen LogP contribution in [0.1, 0.15) is 40.8 Å². The van der Waals surface area contributed by atoms with Crippen LogP contribution in [0, 0.1) is 0 Å². The van der Waals surface area contributed by atoms with Gasteiger partial charge < -0.3 is 14.2 Å². The van der Waals surface area contributed by atoms with E-state index in [0.717, 1.165) is 29.6 Å². The third-order valence-electron chi connectivity index (χ3n) is 3.75. The summed E-state index contributed by atoms with van der Waals surface area (Å²) in [6.45, 7) is 0.496. The highest BCUT2D eigenvalue weighted by Crippen LogP contribution is 2.38. The van der Waals surface area contributed by atoms with Crippen molar-refractivity contribution in [3.63, 3.8) is 0 Å². The van der Waals surface area contributed by atoms with Crippen LogP contribution in [0.25, 0.3) is 10.9 Å². The van der Waals surface area contributed by atoms with Gasteiger partial charge in [-0.3, -0.25) is 0 Å². The van der Waals surface area contributed by atoms with Crippen LogP contribution in [0.2, 0.25) is 0 Å². The topological polar surface area (TPSA) is 81.1 Å². The summed E-state index contributed by atoms with van der Waals surface area (Å²) in [6.07, 6.45) is 4.18. The maximum Gasteiger partial charge on any atom is 0.335 e. The van der Waals surface area contributed by atoms with Crippen molar-refractivity contribution in [2.75, 3.05) is 0 Å². The van der Waals surface area contributed by atoms with E-state index in [0.29, 0.717) is 18.4 Å². The maximum absolute atomic E-state index is 11.0. The molecule has 4 rings (SSSR count). The third kappa shape index (κ3) is 2.18. The van der Waals surface area contributed by atoms with Crippen LogP contribution < -0.4 is 0 Å². The van der Waals surface area contributed by atoms with E-state index in [-0.39, 0.29) is 5.56 Å². The smallest absolute Gasteiger partial charge is 0.335 e. The lowest BCUT2D eigenvalue weighted by atomic mass is 10.1. The Kier molecular flexibility index (Phi) is 2.57. The second-order valence-electron chi connectivity index (χ2n) is 5.34. The number of fused-ring (bicyclic) bond motifs is 1. The monoisotopic (exact) mass is 283 g/mol. The largest absolute Gasteiger partial charge is 0.478 e. The number of carboxylic acids is 1. The lowest BCUT2D eigenvalue weighted by molar-refractivity contribution is 0.0697. The molecule has 1 aromatic carbocycles. The van der Waals surface area contributed by atoms with Gasteiger partial charge in [0.25, 0.3) is 0 Å². The van der Waals surface area contributed by atoms with Crippen molar-refractivity contribution in [2.45, 2.75) is 25.3 Å². The molecule has 1 fully saturated rings. The maximum atomic E-state index is 11.0. The van der Waals surface area contributed by atoms with E-state index in [1.807, 2.05) is 16.8 Å². The van der Waals surface area contributed by atoms with E-state index in [4.69, 9.17) is 9.63 Å². The molecule has 2 aromatic heterocycles. The van der Waals surface area contributed by atoms with Gasteiger partial charge in [0, 0.05) is 23.0 Å². The molecule has 0 spiro atoms. The van der Waals surface area contributed by atoms with Crippen molar-refractivity contribution < 1.29 is 14.4 Å². The van der Waals surface area contributed by atoms with Gasteiger partial charge in [0.2, 0.25) is 5.89 Å². The molecule has 0 saturated heterocycles. The standard InChI is InChI=1S/C15H13N3O3/c19-15(20)11-3-4-12-10(7-11)5-6-18(12)8-13-16-14(17-21-13)9-1-2-9/h3-7,9H,1-2,8H2,(H,19,20). The average molecular weight is 283 g/mol. The zero-order valence-electron chi connectivity index (χ0n) is 11.2. The summed E-state index contributed by atoms with van der Waals surface area (Å²) < 4.78 is 7.25. The second-order valence-corrected chi connectivity index (χ2v) is 5.34. The SMILES string of the molecule is O=C(O)c1ccc2c(ccn2Cc2nc(C3CC3)no2)c1. The van der Waals surface area contributed by atoms with Gasteiger partial charge in [-0.2, -0.15) is 4.98 Å². The molecule has 21 heavy (non-hydrogen) atoms. The number of rotatable bonds is 4. The van der Waals surface area contributed by atoms with Gasteiger partial charge in [-0.05, 0) is 37.1 Å². The van der Waals surface area contributed by atoms with Crippen LogP contribution in [0.4, 0.5) is 0 Å². The van der Waals surface area contributed by atoms with Gasteiger partial charge in [0.15, 0.2) is 5.82 Å². The summed E-state index contributed by atoms with van der Waals surface area (Å²) in [7, 11) is 0. The van der Waals surface area contributed by atoms with Gasteiger partial charge in [0.1, 0.15) is 6.54 Å². The highest BCUT2D eigenvalue weighted by molar-refractivity contribution is 5.93. The Hall–Kier alpha value is -2.63. The Balaban J connectivity index is 1.64. The first-order chi connectivity index (χ1) is 10.2. The molecule has 0 radical (unpaired) electrons. The van der Waals surface area contributed by atoms with Crippen LogP contribution in [-0.4, -0.2) is 25.8 Å². The molecule has 6 heteroatoms. The Bertz CT molecular complexity index is 830. The number of nitrogens with zero attached hydrogens (tertiary/aromatic N) is 3. The van der Waals surface area contributed by atoms with Crippen LogP contribution >= 0.6 is 0 Å². The van der Waals surface area contributed by atoms with Crippen LogP contribution in [0.3, 0.4) is 0 Å². The van der Waals surface area contributed by atoms with Crippen LogP contribution in [0.5, 0.6) is 0 Å². The van der Waals surface area contributed by atoms with Crippen molar-refractivity contribution >= 4 is 16.9 Å². The Labute approximate surface area is 120 Å². The van der Waals surface area contributed by atoms with Crippen molar-refractivity contribution in [3.05, 3.63) is 47.7 Å².